The van der Waals surface area contributed by atoms with Crippen molar-refractivity contribution in [3.63, 3.8) is 0 Å². The van der Waals surface area contributed by atoms with Crippen molar-refractivity contribution in [2.75, 3.05) is 31.1 Å². The van der Waals surface area contributed by atoms with Crippen LogP contribution >= 0.6 is 0 Å². The highest BCUT2D eigenvalue weighted by molar-refractivity contribution is 5.97. The zero-order valence-corrected chi connectivity index (χ0v) is 15.4. The molecule has 1 N–H and O–H groups in total. The Morgan fingerprint density at radius 2 is 1.75 bits per heavy atom. The van der Waals surface area contributed by atoms with Crippen molar-refractivity contribution in [2.24, 2.45) is 0 Å². The molecule has 0 atom stereocenters. The summed E-state index contributed by atoms with van der Waals surface area (Å²) in [4.78, 5) is 20.3. The maximum atomic E-state index is 14.0. The number of rotatable bonds is 3. The van der Waals surface area contributed by atoms with E-state index in [0.29, 0.717) is 31.9 Å². The zero-order valence-electron chi connectivity index (χ0n) is 15.4. The summed E-state index contributed by atoms with van der Waals surface area (Å²) in [5.74, 6) is -0.390. The minimum atomic E-state index is -0.504. The Balaban J connectivity index is 1.35. The van der Waals surface area contributed by atoms with Crippen LogP contribution in [-0.4, -0.2) is 42.0 Å². The maximum absolute atomic E-state index is 14.0. The number of nitrogens with zero attached hydrogens (tertiary/aromatic N) is 2. The van der Waals surface area contributed by atoms with E-state index >= 15 is 0 Å². The van der Waals surface area contributed by atoms with Gasteiger partial charge in [0.15, 0.2) is 0 Å². The molecule has 0 unspecified atom stereocenters. The summed E-state index contributed by atoms with van der Waals surface area (Å²) < 4.78 is 27.5. The summed E-state index contributed by atoms with van der Waals surface area (Å²) in [5.41, 5.74) is 1.77. The highest BCUT2D eigenvalue weighted by atomic mass is 19.1. The van der Waals surface area contributed by atoms with Crippen LogP contribution in [0, 0.1) is 11.6 Å². The van der Waals surface area contributed by atoms with E-state index in [1.165, 1.54) is 18.2 Å². The summed E-state index contributed by atoms with van der Waals surface area (Å²) >= 11 is 0. The molecule has 3 aromatic rings. The number of nitrogens with one attached hydrogen (secondary N) is 1. The fourth-order valence-electron chi connectivity index (χ4n) is 4.38. The van der Waals surface area contributed by atoms with Crippen molar-refractivity contribution >= 4 is 22.5 Å². The normalized spacial score (nSPS) is 18.5. The molecule has 0 radical (unpaired) electrons. The Bertz CT molecular complexity index is 1050. The van der Waals surface area contributed by atoms with Gasteiger partial charge in [0.25, 0.3) is 0 Å². The largest absolute Gasteiger partial charge is 0.366 e. The molecule has 4 nitrogen and oxygen atoms in total. The molecule has 5 rings (SSSR count). The molecule has 1 aromatic heterocycles. The molecule has 1 amide bonds. The van der Waals surface area contributed by atoms with Crippen molar-refractivity contribution < 1.29 is 13.6 Å². The second-order valence-electron chi connectivity index (χ2n) is 7.71. The van der Waals surface area contributed by atoms with Crippen LogP contribution in [0.3, 0.4) is 0 Å². The number of benzene rings is 2. The lowest BCUT2D eigenvalue weighted by molar-refractivity contribution is -0.134. The Kier molecular flexibility index (Phi) is 3.89. The number of hydrogen-bond acceptors (Lipinski definition) is 2. The van der Waals surface area contributed by atoms with Gasteiger partial charge in [0.2, 0.25) is 5.91 Å². The SMILES string of the molecule is O=C(N1CCN(c2ccccc2F)CC1)C1(c2c[nH]c3cc(F)ccc23)CC1. The zero-order chi connectivity index (χ0) is 19.3. The second kappa shape index (κ2) is 6.33. The van der Waals surface area contributed by atoms with Crippen LogP contribution in [0.25, 0.3) is 10.9 Å². The standard InChI is InChI=1S/C22H21F2N3O/c23-15-5-6-16-17(14-25-19(16)13-15)22(7-8-22)21(28)27-11-9-26(10-12-27)20-4-2-1-3-18(20)24/h1-6,13-14,25H,7-12H2. The van der Waals surface area contributed by atoms with Crippen molar-refractivity contribution in [3.05, 3.63) is 65.9 Å². The third kappa shape index (κ3) is 2.66. The highest BCUT2D eigenvalue weighted by Gasteiger charge is 2.54. The van der Waals surface area contributed by atoms with Gasteiger partial charge in [-0.25, -0.2) is 8.78 Å². The van der Waals surface area contributed by atoms with Gasteiger partial charge < -0.3 is 14.8 Å². The third-order valence-electron chi connectivity index (χ3n) is 6.08. The lowest BCUT2D eigenvalue weighted by Gasteiger charge is -2.37. The number of para-hydroxylation sites is 1. The number of hydrogen-bond donors (Lipinski definition) is 1. The van der Waals surface area contributed by atoms with Gasteiger partial charge in [-0.05, 0) is 48.7 Å². The Morgan fingerprint density at radius 1 is 1.00 bits per heavy atom. The van der Waals surface area contributed by atoms with E-state index in [9.17, 15) is 13.6 Å². The van der Waals surface area contributed by atoms with E-state index in [-0.39, 0.29) is 17.5 Å². The number of H-pyrrole nitrogens is 1. The van der Waals surface area contributed by atoms with Gasteiger partial charge in [0.1, 0.15) is 11.6 Å². The number of aromatic nitrogens is 1. The molecule has 6 heteroatoms. The Morgan fingerprint density at radius 3 is 2.46 bits per heavy atom. The number of carbonyl (C=O) groups excluding carboxylic acids is 1. The summed E-state index contributed by atoms with van der Waals surface area (Å²) in [7, 11) is 0. The number of aromatic amines is 1. The first-order valence-electron chi connectivity index (χ1n) is 9.64. The van der Waals surface area contributed by atoms with Crippen LogP contribution in [0.15, 0.2) is 48.7 Å². The molecule has 28 heavy (non-hydrogen) atoms. The molecule has 0 spiro atoms. The van der Waals surface area contributed by atoms with Gasteiger partial charge in [0.05, 0.1) is 11.1 Å². The van der Waals surface area contributed by atoms with E-state index in [2.05, 4.69) is 4.98 Å². The van der Waals surface area contributed by atoms with E-state index in [0.717, 1.165) is 29.3 Å². The van der Waals surface area contributed by atoms with E-state index in [1.54, 1.807) is 18.2 Å². The van der Waals surface area contributed by atoms with Gasteiger partial charge in [0, 0.05) is 43.3 Å². The predicted molar refractivity (Wildman–Crippen MR) is 104 cm³/mol. The lowest BCUT2D eigenvalue weighted by atomic mass is 9.93. The number of fused-ring (bicyclic) bond motifs is 1. The van der Waals surface area contributed by atoms with Crippen LogP contribution in [0.1, 0.15) is 18.4 Å². The van der Waals surface area contributed by atoms with Crippen molar-refractivity contribution in [3.8, 4) is 0 Å². The summed E-state index contributed by atoms with van der Waals surface area (Å²) in [6.45, 7) is 2.38. The first kappa shape index (κ1) is 17.2. The van der Waals surface area contributed by atoms with Gasteiger partial charge >= 0.3 is 0 Å². The van der Waals surface area contributed by atoms with E-state index in [4.69, 9.17) is 0 Å². The van der Waals surface area contributed by atoms with Gasteiger partial charge in [-0.2, -0.15) is 0 Å². The third-order valence-corrected chi connectivity index (χ3v) is 6.08. The monoisotopic (exact) mass is 381 g/mol. The first-order chi connectivity index (χ1) is 13.6. The number of amides is 1. The molecule has 2 fully saturated rings. The summed E-state index contributed by atoms with van der Waals surface area (Å²) in [6, 6.07) is 11.4. The number of carbonyl (C=O) groups is 1. The average Bonchev–Trinajstić information content (AvgIpc) is 3.41. The van der Waals surface area contributed by atoms with Crippen LogP contribution < -0.4 is 4.90 Å². The number of anilines is 1. The van der Waals surface area contributed by atoms with Gasteiger partial charge in [-0.15, -0.1) is 0 Å². The fraction of sp³-hybridized carbons (Fsp3) is 0.318. The van der Waals surface area contributed by atoms with Gasteiger partial charge in [-0.1, -0.05) is 12.1 Å². The molecule has 1 aliphatic heterocycles. The Labute approximate surface area is 161 Å². The fourth-order valence-corrected chi connectivity index (χ4v) is 4.38. The van der Waals surface area contributed by atoms with Crippen LogP contribution in [0.5, 0.6) is 0 Å². The van der Waals surface area contributed by atoms with Crippen LogP contribution in [0.2, 0.25) is 0 Å². The minimum Gasteiger partial charge on any atom is -0.366 e. The minimum absolute atomic E-state index is 0.130. The van der Waals surface area contributed by atoms with E-state index < -0.39 is 5.41 Å². The van der Waals surface area contributed by atoms with Gasteiger partial charge in [-0.3, -0.25) is 4.79 Å². The molecular weight excluding hydrogens is 360 g/mol. The smallest absolute Gasteiger partial charge is 0.233 e. The molecule has 1 saturated heterocycles. The molecule has 1 saturated carbocycles. The molecular formula is C22H21F2N3O. The molecule has 2 aromatic carbocycles. The summed E-state index contributed by atoms with van der Waals surface area (Å²) in [6.07, 6.45) is 3.47. The molecule has 0 bridgehead atoms. The number of halogens is 2. The van der Waals surface area contributed by atoms with Crippen molar-refractivity contribution in [2.45, 2.75) is 18.3 Å². The highest BCUT2D eigenvalue weighted by Crippen LogP contribution is 2.52. The quantitative estimate of drug-likeness (QED) is 0.749. The van der Waals surface area contributed by atoms with Crippen LogP contribution in [-0.2, 0) is 10.2 Å². The average molecular weight is 381 g/mol. The summed E-state index contributed by atoms with van der Waals surface area (Å²) in [5, 5.41) is 0.914. The molecule has 1 aliphatic carbocycles. The molecule has 2 aliphatic rings. The molecule has 144 valence electrons. The van der Waals surface area contributed by atoms with Crippen molar-refractivity contribution in [1.82, 2.24) is 9.88 Å². The lowest BCUT2D eigenvalue weighted by Crippen LogP contribution is -2.51. The maximum Gasteiger partial charge on any atom is 0.233 e. The predicted octanol–water partition coefficient (Wildman–Crippen LogP) is 3.83. The second-order valence-corrected chi connectivity index (χ2v) is 7.71. The molecule has 2 heterocycles. The first-order valence-corrected chi connectivity index (χ1v) is 9.64. The number of piperazine rings is 1. The van der Waals surface area contributed by atoms with Crippen molar-refractivity contribution in [1.29, 1.82) is 0 Å². The Hall–Kier alpha value is -2.89. The topological polar surface area (TPSA) is 39.3 Å². The van der Waals surface area contributed by atoms with Crippen LogP contribution in [0.4, 0.5) is 14.5 Å². The van der Waals surface area contributed by atoms with E-state index in [1.807, 2.05) is 22.1 Å².